The maximum atomic E-state index is 12.9. The van der Waals surface area contributed by atoms with Crippen LogP contribution in [0.25, 0.3) is 5.65 Å². The molecule has 0 radical (unpaired) electrons. The summed E-state index contributed by atoms with van der Waals surface area (Å²) in [6.45, 7) is 2.65. The minimum atomic E-state index is -4.53. The van der Waals surface area contributed by atoms with Gasteiger partial charge in [-0.15, -0.1) is 10.2 Å². The van der Waals surface area contributed by atoms with E-state index in [1.165, 1.54) is 0 Å². The van der Waals surface area contributed by atoms with Crippen molar-refractivity contribution < 1.29 is 18.0 Å². The molecule has 0 aliphatic carbocycles. The molecule has 2 aromatic rings. The van der Waals surface area contributed by atoms with Gasteiger partial charge in [0.15, 0.2) is 10.8 Å². The van der Waals surface area contributed by atoms with Gasteiger partial charge in [-0.25, -0.2) is 0 Å². The quantitative estimate of drug-likeness (QED) is 0.586. The topological polar surface area (TPSA) is 59.3 Å². The molecule has 24 heavy (non-hydrogen) atoms. The fraction of sp³-hybridized carbons (Fsp3) is 0.500. The summed E-state index contributed by atoms with van der Waals surface area (Å²) < 4.78 is 39.8. The molecule has 0 aliphatic rings. The van der Waals surface area contributed by atoms with Crippen LogP contribution in [0.1, 0.15) is 31.7 Å². The SMILES string of the molecule is CCCCCNC(=O)CSc1nnc2c(Cl)cc(C(F)(F)F)cn12. The number of amides is 1. The molecule has 1 amide bonds. The molecule has 0 saturated heterocycles. The van der Waals surface area contributed by atoms with Crippen molar-refractivity contribution in [1.29, 1.82) is 0 Å². The largest absolute Gasteiger partial charge is 0.417 e. The highest BCUT2D eigenvalue weighted by Gasteiger charge is 2.32. The second kappa shape index (κ2) is 8.06. The first-order valence-electron chi connectivity index (χ1n) is 7.34. The second-order valence-electron chi connectivity index (χ2n) is 5.10. The minimum absolute atomic E-state index is 0.0424. The van der Waals surface area contributed by atoms with Gasteiger partial charge >= 0.3 is 6.18 Å². The number of nitrogens with zero attached hydrogens (tertiary/aromatic N) is 3. The fourth-order valence-electron chi connectivity index (χ4n) is 1.97. The molecular formula is C14H16ClF3N4OS. The lowest BCUT2D eigenvalue weighted by molar-refractivity contribution is -0.137. The highest BCUT2D eigenvalue weighted by molar-refractivity contribution is 7.99. The maximum Gasteiger partial charge on any atom is 0.417 e. The lowest BCUT2D eigenvalue weighted by atomic mass is 10.2. The Morgan fingerprint density at radius 2 is 2.12 bits per heavy atom. The van der Waals surface area contributed by atoms with Crippen LogP contribution in [-0.2, 0) is 11.0 Å². The molecule has 2 heterocycles. The number of alkyl halides is 3. The average Bonchev–Trinajstić information content (AvgIpc) is 2.92. The van der Waals surface area contributed by atoms with Gasteiger partial charge in [-0.1, -0.05) is 43.1 Å². The van der Waals surface area contributed by atoms with Crippen LogP contribution in [-0.4, -0.2) is 32.8 Å². The van der Waals surface area contributed by atoms with Crippen LogP contribution in [0.5, 0.6) is 0 Å². The lowest BCUT2D eigenvalue weighted by Gasteiger charge is -2.08. The zero-order valence-corrected chi connectivity index (χ0v) is 14.4. The van der Waals surface area contributed by atoms with Crippen molar-refractivity contribution in [3.63, 3.8) is 0 Å². The van der Waals surface area contributed by atoms with E-state index in [2.05, 4.69) is 22.4 Å². The van der Waals surface area contributed by atoms with Crippen LogP contribution < -0.4 is 5.32 Å². The fourth-order valence-corrected chi connectivity index (χ4v) is 2.96. The Morgan fingerprint density at radius 3 is 2.79 bits per heavy atom. The molecule has 0 aromatic carbocycles. The first kappa shape index (κ1) is 18.9. The van der Waals surface area contributed by atoms with Gasteiger partial charge in [0.05, 0.1) is 16.3 Å². The molecule has 0 atom stereocenters. The van der Waals surface area contributed by atoms with Crippen molar-refractivity contribution >= 4 is 34.9 Å². The van der Waals surface area contributed by atoms with Crippen LogP contribution in [0.3, 0.4) is 0 Å². The summed E-state index contributed by atoms with van der Waals surface area (Å²) in [7, 11) is 0. The number of halogens is 4. The number of rotatable bonds is 7. The summed E-state index contributed by atoms with van der Waals surface area (Å²) in [6.07, 6.45) is -0.672. The highest BCUT2D eigenvalue weighted by atomic mass is 35.5. The summed E-state index contributed by atoms with van der Waals surface area (Å²) in [5.74, 6) is -0.160. The van der Waals surface area contributed by atoms with Gasteiger partial charge in [0.2, 0.25) is 5.91 Å². The molecule has 5 nitrogen and oxygen atoms in total. The number of fused-ring (bicyclic) bond motifs is 1. The standard InChI is InChI=1S/C14H16ClF3N4OS/c1-2-3-4-5-19-11(23)8-24-13-21-20-12-10(15)6-9(7-22(12)13)14(16,17)18/h6-7H,2-5,8H2,1H3,(H,19,23). The van der Waals surface area contributed by atoms with E-state index in [0.717, 1.165) is 47.7 Å². The Hall–Kier alpha value is -1.48. The van der Waals surface area contributed by atoms with E-state index in [-0.39, 0.29) is 27.5 Å². The van der Waals surface area contributed by atoms with Gasteiger partial charge in [-0.3, -0.25) is 9.20 Å². The number of hydrogen-bond acceptors (Lipinski definition) is 4. The summed E-state index contributed by atoms with van der Waals surface area (Å²) >= 11 is 6.84. The molecule has 1 N–H and O–H groups in total. The van der Waals surface area contributed by atoms with Gasteiger partial charge in [0.1, 0.15) is 0 Å². The van der Waals surface area contributed by atoms with Crippen molar-refractivity contribution in [2.45, 2.75) is 37.5 Å². The van der Waals surface area contributed by atoms with Crippen molar-refractivity contribution in [3.8, 4) is 0 Å². The van der Waals surface area contributed by atoms with Crippen molar-refractivity contribution in [2.75, 3.05) is 12.3 Å². The van der Waals surface area contributed by atoms with Crippen LogP contribution in [0.4, 0.5) is 13.2 Å². The van der Waals surface area contributed by atoms with E-state index in [1.54, 1.807) is 0 Å². The molecule has 0 unspecified atom stereocenters. The Balaban J connectivity index is 2.07. The number of thioether (sulfide) groups is 1. The average molecular weight is 381 g/mol. The van der Waals surface area contributed by atoms with Gasteiger partial charge in [0, 0.05) is 12.7 Å². The third-order valence-corrected chi connectivity index (χ3v) is 4.41. The number of aromatic nitrogens is 3. The Kier molecular flexibility index (Phi) is 6.34. The van der Waals surface area contributed by atoms with Gasteiger partial charge in [0.25, 0.3) is 0 Å². The Bertz CT molecular complexity index is 720. The second-order valence-corrected chi connectivity index (χ2v) is 6.45. The predicted molar refractivity (Wildman–Crippen MR) is 86.3 cm³/mol. The molecule has 0 bridgehead atoms. The molecule has 2 aromatic heterocycles. The van der Waals surface area contributed by atoms with Crippen molar-refractivity contribution in [2.24, 2.45) is 0 Å². The molecule has 0 aliphatic heterocycles. The predicted octanol–water partition coefficient (Wildman–Crippen LogP) is 3.80. The third-order valence-electron chi connectivity index (χ3n) is 3.19. The number of carbonyl (C=O) groups is 1. The Morgan fingerprint density at radius 1 is 1.38 bits per heavy atom. The summed E-state index contributed by atoms with van der Waals surface area (Å²) in [6, 6.07) is 0.806. The number of pyridine rings is 1. The van der Waals surface area contributed by atoms with Crippen LogP contribution in [0.2, 0.25) is 5.02 Å². The molecular weight excluding hydrogens is 365 g/mol. The Labute approximate surface area is 146 Å². The highest BCUT2D eigenvalue weighted by Crippen LogP contribution is 2.33. The first-order chi connectivity index (χ1) is 11.3. The molecule has 0 spiro atoms. The van der Waals surface area contributed by atoms with Crippen LogP contribution >= 0.6 is 23.4 Å². The summed E-state index contributed by atoms with van der Waals surface area (Å²) in [5, 5.41) is 10.4. The number of carbonyl (C=O) groups excluding carboxylic acids is 1. The zero-order chi connectivity index (χ0) is 17.7. The van der Waals surface area contributed by atoms with Crippen molar-refractivity contribution in [1.82, 2.24) is 19.9 Å². The van der Waals surface area contributed by atoms with E-state index in [9.17, 15) is 18.0 Å². The minimum Gasteiger partial charge on any atom is -0.355 e. The molecule has 0 fully saturated rings. The number of hydrogen-bond donors (Lipinski definition) is 1. The monoisotopic (exact) mass is 380 g/mol. The summed E-state index contributed by atoms with van der Waals surface area (Å²) in [4.78, 5) is 11.7. The zero-order valence-electron chi connectivity index (χ0n) is 12.9. The van der Waals surface area contributed by atoms with Gasteiger partial charge in [-0.2, -0.15) is 13.2 Å². The lowest BCUT2D eigenvalue weighted by Crippen LogP contribution is -2.26. The van der Waals surface area contributed by atoms with E-state index >= 15 is 0 Å². The first-order valence-corrected chi connectivity index (χ1v) is 8.70. The van der Waals surface area contributed by atoms with Crippen LogP contribution in [0.15, 0.2) is 17.4 Å². The van der Waals surface area contributed by atoms with Gasteiger partial charge in [-0.05, 0) is 12.5 Å². The summed E-state index contributed by atoms with van der Waals surface area (Å²) in [5.41, 5.74) is -0.777. The molecule has 0 saturated carbocycles. The molecule has 2 rings (SSSR count). The van der Waals surface area contributed by atoms with E-state index in [4.69, 9.17) is 11.6 Å². The van der Waals surface area contributed by atoms with Crippen LogP contribution in [0, 0.1) is 0 Å². The molecule has 132 valence electrons. The van der Waals surface area contributed by atoms with Crippen molar-refractivity contribution in [3.05, 3.63) is 22.8 Å². The number of unbranched alkanes of at least 4 members (excludes halogenated alkanes) is 2. The number of nitrogens with one attached hydrogen (secondary N) is 1. The maximum absolute atomic E-state index is 12.9. The van der Waals surface area contributed by atoms with Gasteiger partial charge < -0.3 is 5.32 Å². The smallest absolute Gasteiger partial charge is 0.355 e. The van der Waals surface area contributed by atoms with E-state index < -0.39 is 11.7 Å². The third kappa shape index (κ3) is 4.76. The van der Waals surface area contributed by atoms with E-state index in [1.807, 2.05) is 0 Å². The molecule has 10 heteroatoms. The van der Waals surface area contributed by atoms with E-state index in [0.29, 0.717) is 6.54 Å². The normalized spacial score (nSPS) is 11.9.